The van der Waals surface area contributed by atoms with Crippen molar-refractivity contribution in [2.24, 2.45) is 0 Å². The smallest absolute Gasteiger partial charge is 0.247 e. The Kier molecular flexibility index (Phi) is 4.86. The summed E-state index contributed by atoms with van der Waals surface area (Å²) in [5, 5.41) is -1.45. The van der Waals surface area contributed by atoms with E-state index >= 15 is 0 Å². The number of rotatable bonds is 4. The van der Waals surface area contributed by atoms with Gasteiger partial charge in [-0.1, -0.05) is 6.92 Å². The Labute approximate surface area is 93.9 Å². The van der Waals surface area contributed by atoms with Crippen LogP contribution in [0.2, 0.25) is 0 Å². The third-order valence-corrected chi connectivity index (χ3v) is 3.67. The van der Waals surface area contributed by atoms with Crippen LogP contribution in [0.1, 0.15) is 20.3 Å². The van der Waals surface area contributed by atoms with Gasteiger partial charge in [-0.05, 0) is 13.3 Å². The molecule has 1 unspecified atom stereocenters. The minimum atomic E-state index is -5.83. The summed E-state index contributed by atoms with van der Waals surface area (Å²) in [6, 6.07) is 0. The fraction of sp³-hybridized carbons (Fsp3) is 1.00. The molecule has 0 saturated carbocycles. The van der Waals surface area contributed by atoms with Crippen LogP contribution in [0.3, 0.4) is 0 Å². The van der Waals surface area contributed by atoms with Crippen molar-refractivity contribution < 1.29 is 38.9 Å². The highest BCUT2D eigenvalue weighted by Gasteiger charge is 2.60. The van der Waals surface area contributed by atoms with Crippen LogP contribution >= 0.6 is 0 Å². The van der Waals surface area contributed by atoms with E-state index in [-0.39, 0.29) is 6.42 Å². The first-order valence-electron chi connectivity index (χ1n) is 4.38. The molecule has 0 aromatic heterocycles. The van der Waals surface area contributed by atoms with Crippen LogP contribution in [0.15, 0.2) is 0 Å². The lowest BCUT2D eigenvalue weighted by Crippen LogP contribution is -2.46. The van der Waals surface area contributed by atoms with Gasteiger partial charge in [0.1, 0.15) is 0 Å². The summed E-state index contributed by atoms with van der Waals surface area (Å²) >= 11 is 0. The van der Waals surface area contributed by atoms with Crippen LogP contribution in [0.25, 0.3) is 0 Å². The lowest BCUT2D eigenvalue weighted by molar-refractivity contribution is -0.299. The molecule has 1 atom stereocenters. The molecular formula is C7H10F6O3S. The zero-order valence-electron chi connectivity index (χ0n) is 8.76. The van der Waals surface area contributed by atoms with Gasteiger partial charge in [-0.15, -0.1) is 0 Å². The lowest BCUT2D eigenvalue weighted by atomic mass is 10.3. The number of hydrogen-bond acceptors (Lipinski definition) is 3. The van der Waals surface area contributed by atoms with Crippen molar-refractivity contribution in [2.45, 2.75) is 44.0 Å². The standard InChI is InChI=1S/C7H10F6O3S/c1-3-4(2)17(14,15)16-5(6(8,9)10)7(11,12)13/h4-5H,3H2,1-2H3. The molecule has 0 aromatic carbocycles. The van der Waals surface area contributed by atoms with E-state index in [4.69, 9.17) is 0 Å². The van der Waals surface area contributed by atoms with E-state index in [2.05, 4.69) is 4.18 Å². The van der Waals surface area contributed by atoms with E-state index in [9.17, 15) is 34.8 Å². The molecule has 0 aliphatic carbocycles. The molecular weight excluding hydrogens is 278 g/mol. The van der Waals surface area contributed by atoms with E-state index in [1.54, 1.807) is 0 Å². The molecule has 0 radical (unpaired) electrons. The molecule has 104 valence electrons. The summed E-state index contributed by atoms with van der Waals surface area (Å²) in [6.45, 7) is 2.25. The molecule has 10 heteroatoms. The quantitative estimate of drug-likeness (QED) is 0.590. The van der Waals surface area contributed by atoms with E-state index < -0.39 is 33.8 Å². The molecule has 0 aliphatic rings. The zero-order chi connectivity index (χ0) is 14.1. The topological polar surface area (TPSA) is 43.4 Å². The monoisotopic (exact) mass is 288 g/mol. The average Bonchev–Trinajstić information content (AvgIpc) is 2.09. The molecule has 0 N–H and O–H groups in total. The highest BCUT2D eigenvalue weighted by molar-refractivity contribution is 7.87. The molecule has 0 spiro atoms. The normalized spacial score (nSPS) is 16.3. The molecule has 0 aliphatic heterocycles. The maximum Gasteiger partial charge on any atom is 0.425 e. The SMILES string of the molecule is CCC(C)S(=O)(=O)OC(C(F)(F)F)C(F)(F)F. The summed E-state index contributed by atoms with van der Waals surface area (Å²) in [5.41, 5.74) is 0. The molecule has 0 saturated heterocycles. The second kappa shape index (κ2) is 5.01. The third-order valence-electron chi connectivity index (χ3n) is 1.89. The maximum atomic E-state index is 12.0. The van der Waals surface area contributed by atoms with Gasteiger partial charge >= 0.3 is 12.4 Å². The molecule has 0 fully saturated rings. The van der Waals surface area contributed by atoms with Crippen molar-refractivity contribution in [3.05, 3.63) is 0 Å². The predicted octanol–water partition coefficient (Wildman–Crippen LogP) is 2.62. The van der Waals surface area contributed by atoms with Crippen molar-refractivity contribution in [1.82, 2.24) is 0 Å². The minimum absolute atomic E-state index is 0.162. The van der Waals surface area contributed by atoms with E-state index in [0.29, 0.717) is 0 Å². The fourth-order valence-electron chi connectivity index (χ4n) is 0.728. The number of alkyl halides is 6. The second-order valence-electron chi connectivity index (χ2n) is 3.27. The van der Waals surface area contributed by atoms with Crippen molar-refractivity contribution in [2.75, 3.05) is 0 Å². The molecule has 0 bridgehead atoms. The van der Waals surface area contributed by atoms with Crippen molar-refractivity contribution in [3.63, 3.8) is 0 Å². The molecule has 0 aromatic rings. The highest BCUT2D eigenvalue weighted by atomic mass is 32.2. The lowest BCUT2D eigenvalue weighted by Gasteiger charge is -2.23. The van der Waals surface area contributed by atoms with Gasteiger partial charge < -0.3 is 0 Å². The van der Waals surface area contributed by atoms with Crippen LogP contribution in [-0.2, 0) is 14.3 Å². The Hall–Kier alpha value is -0.510. The fourth-order valence-corrected chi connectivity index (χ4v) is 1.81. The summed E-state index contributed by atoms with van der Waals surface area (Å²) in [5.74, 6) is 0. The van der Waals surface area contributed by atoms with Gasteiger partial charge in [0.05, 0.1) is 5.25 Å². The number of halogens is 6. The van der Waals surface area contributed by atoms with Gasteiger partial charge in [0.25, 0.3) is 16.2 Å². The van der Waals surface area contributed by atoms with Gasteiger partial charge in [-0.2, -0.15) is 34.8 Å². The molecule has 17 heavy (non-hydrogen) atoms. The van der Waals surface area contributed by atoms with Gasteiger partial charge in [-0.25, -0.2) is 4.18 Å². The van der Waals surface area contributed by atoms with Gasteiger partial charge in [0.2, 0.25) is 0 Å². The first kappa shape index (κ1) is 16.5. The van der Waals surface area contributed by atoms with Crippen LogP contribution in [0, 0.1) is 0 Å². The first-order chi connectivity index (χ1) is 7.32. The largest absolute Gasteiger partial charge is 0.425 e. The Morgan fingerprint density at radius 1 is 1.06 bits per heavy atom. The maximum absolute atomic E-state index is 12.0. The summed E-state index contributed by atoms with van der Waals surface area (Å²) in [7, 11) is -4.92. The Morgan fingerprint density at radius 3 is 1.65 bits per heavy atom. The second-order valence-corrected chi connectivity index (χ2v) is 5.25. The zero-order valence-corrected chi connectivity index (χ0v) is 9.58. The van der Waals surface area contributed by atoms with Gasteiger partial charge in [-0.3, -0.25) is 0 Å². The van der Waals surface area contributed by atoms with E-state index in [0.717, 1.165) is 6.92 Å². The van der Waals surface area contributed by atoms with Crippen LogP contribution in [-0.4, -0.2) is 32.1 Å². The Balaban J connectivity index is 5.17. The van der Waals surface area contributed by atoms with Crippen LogP contribution in [0.5, 0.6) is 0 Å². The van der Waals surface area contributed by atoms with E-state index in [1.165, 1.54) is 6.92 Å². The van der Waals surface area contributed by atoms with E-state index in [1.807, 2.05) is 0 Å². The molecule has 0 heterocycles. The van der Waals surface area contributed by atoms with Crippen molar-refractivity contribution in [3.8, 4) is 0 Å². The Bertz CT molecular complexity index is 330. The number of hydrogen-bond donors (Lipinski definition) is 0. The third kappa shape index (κ3) is 4.70. The summed E-state index contributed by atoms with van der Waals surface area (Å²) < 4.78 is 97.4. The summed E-state index contributed by atoms with van der Waals surface area (Å²) in [4.78, 5) is 0. The van der Waals surface area contributed by atoms with Crippen LogP contribution < -0.4 is 0 Å². The van der Waals surface area contributed by atoms with Gasteiger partial charge in [0.15, 0.2) is 0 Å². The first-order valence-corrected chi connectivity index (χ1v) is 5.85. The minimum Gasteiger partial charge on any atom is -0.247 e. The Morgan fingerprint density at radius 2 is 1.41 bits per heavy atom. The highest BCUT2D eigenvalue weighted by Crippen LogP contribution is 2.37. The average molecular weight is 288 g/mol. The molecule has 0 rings (SSSR count). The molecule has 3 nitrogen and oxygen atoms in total. The van der Waals surface area contributed by atoms with Crippen molar-refractivity contribution in [1.29, 1.82) is 0 Å². The van der Waals surface area contributed by atoms with Gasteiger partial charge in [0, 0.05) is 0 Å². The summed E-state index contributed by atoms with van der Waals surface area (Å²) in [6.07, 6.45) is -16.2. The van der Waals surface area contributed by atoms with Crippen molar-refractivity contribution >= 4 is 10.1 Å². The molecule has 0 amide bonds. The predicted molar refractivity (Wildman–Crippen MR) is 45.7 cm³/mol. The van der Waals surface area contributed by atoms with Crippen LogP contribution in [0.4, 0.5) is 26.3 Å².